The van der Waals surface area contributed by atoms with Crippen LogP contribution in [0.25, 0.3) is 0 Å². The number of rotatable bonds is 5. The van der Waals surface area contributed by atoms with Crippen LogP contribution in [-0.2, 0) is 14.5 Å². The first-order valence-corrected chi connectivity index (χ1v) is 5.56. The Morgan fingerprint density at radius 2 is 1.93 bits per heavy atom. The Hall–Kier alpha value is -1.07. The number of benzene rings is 1. The molecule has 5 heteroatoms. The van der Waals surface area contributed by atoms with Crippen molar-refractivity contribution < 1.29 is 12.6 Å². The molecule has 0 unspecified atom stereocenters. The first kappa shape index (κ1) is 11.0. The van der Waals surface area contributed by atoms with Crippen LogP contribution in [0.2, 0.25) is 0 Å². The molecule has 1 aromatic carbocycles. The molecule has 0 aliphatic rings. The minimum atomic E-state index is -3.69. The standard InChI is InChI=1S/C9H12NO3S/c1-2-8-13-14(11,12)10-9-6-4-3-5-7-9/h3-7,10H,1-2,8H2. The second-order valence-corrected chi connectivity index (χ2v) is 3.95. The Kier molecular flexibility index (Phi) is 3.91. The summed E-state index contributed by atoms with van der Waals surface area (Å²) >= 11 is 0. The molecule has 0 aliphatic heterocycles. The van der Waals surface area contributed by atoms with Crippen molar-refractivity contribution in [2.75, 3.05) is 11.3 Å². The molecule has 0 spiro atoms. The van der Waals surface area contributed by atoms with E-state index in [0.717, 1.165) is 0 Å². The van der Waals surface area contributed by atoms with Crippen molar-refractivity contribution in [3.8, 4) is 0 Å². The Morgan fingerprint density at radius 1 is 1.29 bits per heavy atom. The summed E-state index contributed by atoms with van der Waals surface area (Å²) in [6.07, 6.45) is 0.412. The third-order valence-corrected chi connectivity index (χ3v) is 2.36. The number of nitrogens with one attached hydrogen (secondary N) is 1. The van der Waals surface area contributed by atoms with Gasteiger partial charge in [-0.05, 0) is 18.6 Å². The largest absolute Gasteiger partial charge is 0.359 e. The zero-order chi connectivity index (χ0) is 10.4. The molecule has 1 rings (SSSR count). The second kappa shape index (κ2) is 4.97. The maximum atomic E-state index is 11.2. The van der Waals surface area contributed by atoms with Crippen LogP contribution in [0, 0.1) is 6.92 Å². The van der Waals surface area contributed by atoms with Crippen molar-refractivity contribution in [1.29, 1.82) is 0 Å². The first-order chi connectivity index (χ1) is 6.64. The molecule has 0 aliphatic carbocycles. The van der Waals surface area contributed by atoms with E-state index >= 15 is 0 Å². The monoisotopic (exact) mass is 214 g/mol. The Labute approximate surface area is 84.2 Å². The van der Waals surface area contributed by atoms with E-state index in [1.807, 2.05) is 0 Å². The smallest absolute Gasteiger partial charge is 0.261 e. The fraction of sp³-hybridized carbons (Fsp3) is 0.222. The van der Waals surface area contributed by atoms with Crippen molar-refractivity contribution in [3.63, 3.8) is 0 Å². The minimum Gasteiger partial charge on any atom is -0.261 e. The van der Waals surface area contributed by atoms with Gasteiger partial charge in [0.05, 0.1) is 12.3 Å². The molecule has 0 atom stereocenters. The molecule has 1 radical (unpaired) electrons. The molecule has 14 heavy (non-hydrogen) atoms. The van der Waals surface area contributed by atoms with Crippen molar-refractivity contribution in [3.05, 3.63) is 37.3 Å². The summed E-state index contributed by atoms with van der Waals surface area (Å²) in [5.41, 5.74) is 0.483. The van der Waals surface area contributed by atoms with E-state index in [2.05, 4.69) is 15.8 Å². The highest BCUT2D eigenvalue weighted by molar-refractivity contribution is 7.88. The van der Waals surface area contributed by atoms with Crippen LogP contribution in [0.5, 0.6) is 0 Å². The lowest BCUT2D eigenvalue weighted by molar-refractivity contribution is 0.327. The summed E-state index contributed by atoms with van der Waals surface area (Å²) in [7, 11) is -3.69. The predicted molar refractivity (Wildman–Crippen MR) is 54.9 cm³/mol. The summed E-state index contributed by atoms with van der Waals surface area (Å²) in [4.78, 5) is 0. The van der Waals surface area contributed by atoms with Gasteiger partial charge in [0.15, 0.2) is 0 Å². The van der Waals surface area contributed by atoms with E-state index in [1.54, 1.807) is 30.3 Å². The lowest BCUT2D eigenvalue weighted by Gasteiger charge is -2.06. The van der Waals surface area contributed by atoms with Crippen LogP contribution < -0.4 is 4.72 Å². The third-order valence-electron chi connectivity index (χ3n) is 1.40. The van der Waals surface area contributed by atoms with Gasteiger partial charge in [-0.15, -0.1) is 0 Å². The Morgan fingerprint density at radius 3 is 2.50 bits per heavy atom. The highest BCUT2D eigenvalue weighted by Gasteiger charge is 2.08. The van der Waals surface area contributed by atoms with E-state index in [9.17, 15) is 8.42 Å². The van der Waals surface area contributed by atoms with Gasteiger partial charge in [-0.3, -0.25) is 8.91 Å². The third kappa shape index (κ3) is 3.76. The molecular formula is C9H12NO3S. The zero-order valence-electron chi connectivity index (χ0n) is 7.64. The summed E-state index contributed by atoms with van der Waals surface area (Å²) < 4.78 is 29.3. The van der Waals surface area contributed by atoms with Gasteiger partial charge in [0.25, 0.3) is 0 Å². The van der Waals surface area contributed by atoms with Gasteiger partial charge in [0.1, 0.15) is 0 Å². The molecule has 0 aromatic heterocycles. The van der Waals surface area contributed by atoms with Crippen LogP contribution in [0.1, 0.15) is 6.42 Å². The van der Waals surface area contributed by atoms with Crippen molar-refractivity contribution >= 4 is 16.0 Å². The predicted octanol–water partition coefficient (Wildman–Crippen LogP) is 1.58. The maximum Gasteiger partial charge on any atom is 0.359 e. The maximum absolute atomic E-state index is 11.2. The van der Waals surface area contributed by atoms with Crippen LogP contribution in [0.4, 0.5) is 5.69 Å². The fourth-order valence-corrected chi connectivity index (χ4v) is 1.67. The second-order valence-electron chi connectivity index (χ2n) is 2.60. The van der Waals surface area contributed by atoms with Crippen LogP contribution in [0.3, 0.4) is 0 Å². The molecule has 77 valence electrons. The molecular weight excluding hydrogens is 202 g/mol. The van der Waals surface area contributed by atoms with Crippen LogP contribution >= 0.6 is 0 Å². The van der Waals surface area contributed by atoms with E-state index in [4.69, 9.17) is 0 Å². The molecule has 0 saturated heterocycles. The van der Waals surface area contributed by atoms with Gasteiger partial charge in [0, 0.05) is 0 Å². The lowest BCUT2D eigenvalue weighted by Crippen LogP contribution is -2.16. The normalized spacial score (nSPS) is 11.2. The van der Waals surface area contributed by atoms with Gasteiger partial charge in [0.2, 0.25) is 0 Å². The highest BCUT2D eigenvalue weighted by atomic mass is 32.2. The average Bonchev–Trinajstić information content (AvgIpc) is 2.16. The lowest BCUT2D eigenvalue weighted by atomic mass is 10.3. The fourth-order valence-electron chi connectivity index (χ4n) is 0.849. The topological polar surface area (TPSA) is 55.4 Å². The summed E-state index contributed by atoms with van der Waals surface area (Å²) in [6, 6.07) is 8.56. The van der Waals surface area contributed by atoms with E-state index in [0.29, 0.717) is 12.1 Å². The minimum absolute atomic E-state index is 0.0855. The molecule has 0 amide bonds. The molecule has 0 fully saturated rings. The Balaban J connectivity index is 2.60. The first-order valence-electron chi connectivity index (χ1n) is 4.15. The van der Waals surface area contributed by atoms with Crippen LogP contribution in [-0.4, -0.2) is 15.0 Å². The number of para-hydroxylation sites is 1. The van der Waals surface area contributed by atoms with Gasteiger partial charge >= 0.3 is 10.3 Å². The molecule has 0 saturated carbocycles. The van der Waals surface area contributed by atoms with E-state index in [1.165, 1.54) is 0 Å². The zero-order valence-corrected chi connectivity index (χ0v) is 8.46. The van der Waals surface area contributed by atoms with Crippen molar-refractivity contribution in [2.45, 2.75) is 6.42 Å². The van der Waals surface area contributed by atoms with Crippen molar-refractivity contribution in [1.82, 2.24) is 0 Å². The summed E-state index contributed by atoms with van der Waals surface area (Å²) in [6.45, 7) is 3.56. The highest BCUT2D eigenvalue weighted by Crippen LogP contribution is 2.08. The van der Waals surface area contributed by atoms with Gasteiger partial charge < -0.3 is 0 Å². The number of anilines is 1. The quantitative estimate of drug-likeness (QED) is 0.809. The van der Waals surface area contributed by atoms with E-state index < -0.39 is 10.3 Å². The van der Waals surface area contributed by atoms with Gasteiger partial charge in [-0.25, -0.2) is 0 Å². The van der Waals surface area contributed by atoms with Crippen LogP contribution in [0.15, 0.2) is 30.3 Å². The summed E-state index contributed by atoms with van der Waals surface area (Å²) in [5, 5.41) is 0. The van der Waals surface area contributed by atoms with Gasteiger partial charge in [-0.2, -0.15) is 8.42 Å². The number of hydrogen-bond donors (Lipinski definition) is 1. The molecule has 1 N–H and O–H groups in total. The molecule has 1 aromatic rings. The molecule has 0 bridgehead atoms. The molecule has 0 heterocycles. The van der Waals surface area contributed by atoms with Crippen molar-refractivity contribution in [2.24, 2.45) is 0 Å². The molecule has 4 nitrogen and oxygen atoms in total. The number of hydrogen-bond acceptors (Lipinski definition) is 3. The summed E-state index contributed by atoms with van der Waals surface area (Å²) in [5.74, 6) is 0. The van der Waals surface area contributed by atoms with E-state index in [-0.39, 0.29) is 6.61 Å². The SMILES string of the molecule is [CH2]CCOS(=O)(=O)Nc1ccccc1. The Bertz CT molecular complexity index is 361. The average molecular weight is 214 g/mol. The van der Waals surface area contributed by atoms with Gasteiger partial charge in [-0.1, -0.05) is 25.1 Å².